The van der Waals surface area contributed by atoms with Crippen molar-refractivity contribution in [3.8, 4) is 0 Å². The average Bonchev–Trinajstić information content (AvgIpc) is 2.04. The van der Waals surface area contributed by atoms with E-state index in [0.717, 1.165) is 0 Å². The standard InChI is InChI=1S/C8H7F3NO/c9-8(10,11)13-12-6-7-4-2-1-3-5-7/h1-5H,6H2/q-1. The maximum Gasteiger partial charge on any atom is 0.505 e. The van der Waals surface area contributed by atoms with Crippen LogP contribution >= 0.6 is 0 Å². The first-order valence-electron chi connectivity index (χ1n) is 3.53. The Morgan fingerprint density at radius 3 is 2.31 bits per heavy atom. The fourth-order valence-corrected chi connectivity index (χ4v) is 0.763. The predicted molar refractivity (Wildman–Crippen MR) is 40.6 cm³/mol. The highest BCUT2D eigenvalue weighted by Gasteiger charge is 2.23. The SMILES string of the molecule is FC(F)(F)O[N-]Cc1ccccc1. The minimum Gasteiger partial charge on any atom is -0.523 e. The highest BCUT2D eigenvalue weighted by molar-refractivity contribution is 5.15. The number of nitrogens with zero attached hydrogens (tertiary/aromatic N) is 1. The molecule has 0 aromatic heterocycles. The lowest BCUT2D eigenvalue weighted by Crippen LogP contribution is -2.10. The number of hydroxylamine groups is 1. The third-order valence-corrected chi connectivity index (χ3v) is 1.26. The first-order chi connectivity index (χ1) is 6.08. The molecule has 5 heteroatoms. The van der Waals surface area contributed by atoms with Crippen molar-refractivity contribution >= 4 is 0 Å². The van der Waals surface area contributed by atoms with Gasteiger partial charge in [-0.15, -0.1) is 19.7 Å². The molecule has 72 valence electrons. The zero-order valence-corrected chi connectivity index (χ0v) is 6.58. The monoisotopic (exact) mass is 190 g/mol. The van der Waals surface area contributed by atoms with E-state index in [2.05, 4.69) is 10.3 Å². The van der Waals surface area contributed by atoms with Crippen LogP contribution in [-0.2, 0) is 11.4 Å². The summed E-state index contributed by atoms with van der Waals surface area (Å²) in [6.07, 6.45) is -4.69. The highest BCUT2D eigenvalue weighted by Crippen LogP contribution is 2.20. The summed E-state index contributed by atoms with van der Waals surface area (Å²) in [5.74, 6) is 0. The van der Waals surface area contributed by atoms with E-state index in [4.69, 9.17) is 0 Å². The Labute approximate surface area is 73.3 Å². The average molecular weight is 190 g/mol. The zero-order chi connectivity index (χ0) is 9.73. The van der Waals surface area contributed by atoms with E-state index >= 15 is 0 Å². The first-order valence-corrected chi connectivity index (χ1v) is 3.53. The zero-order valence-electron chi connectivity index (χ0n) is 6.58. The third-order valence-electron chi connectivity index (χ3n) is 1.26. The van der Waals surface area contributed by atoms with Crippen LogP contribution in [0.15, 0.2) is 30.3 Å². The van der Waals surface area contributed by atoms with E-state index in [9.17, 15) is 13.2 Å². The Bertz CT molecular complexity index is 247. The van der Waals surface area contributed by atoms with Crippen LogP contribution in [0.5, 0.6) is 0 Å². The molecule has 0 aliphatic heterocycles. The van der Waals surface area contributed by atoms with E-state index in [-0.39, 0.29) is 6.54 Å². The van der Waals surface area contributed by atoms with Crippen LogP contribution in [0.4, 0.5) is 13.2 Å². The van der Waals surface area contributed by atoms with Crippen LogP contribution in [0.1, 0.15) is 5.56 Å². The molecule has 0 fully saturated rings. The van der Waals surface area contributed by atoms with E-state index in [0.29, 0.717) is 5.56 Å². The second-order valence-electron chi connectivity index (χ2n) is 2.31. The van der Waals surface area contributed by atoms with Crippen LogP contribution in [0, 0.1) is 0 Å². The number of halogens is 3. The molecule has 0 unspecified atom stereocenters. The molecule has 0 saturated heterocycles. The summed E-state index contributed by atoms with van der Waals surface area (Å²) in [6.45, 7) is -0.0969. The van der Waals surface area contributed by atoms with E-state index in [1.807, 2.05) is 0 Å². The van der Waals surface area contributed by atoms with Gasteiger partial charge in [0.2, 0.25) is 0 Å². The Morgan fingerprint density at radius 2 is 1.77 bits per heavy atom. The maximum atomic E-state index is 11.4. The number of benzene rings is 1. The van der Waals surface area contributed by atoms with Crippen molar-refractivity contribution in [2.45, 2.75) is 12.9 Å². The van der Waals surface area contributed by atoms with Gasteiger partial charge in [-0.25, -0.2) is 0 Å². The Hall–Kier alpha value is -1.07. The molecule has 0 saturated carbocycles. The quantitative estimate of drug-likeness (QED) is 0.672. The summed E-state index contributed by atoms with van der Waals surface area (Å²) in [4.78, 5) is 3.26. The summed E-state index contributed by atoms with van der Waals surface area (Å²) in [7, 11) is 0. The Kier molecular flexibility index (Phi) is 3.27. The summed E-state index contributed by atoms with van der Waals surface area (Å²) in [5, 5.41) is 0. The van der Waals surface area contributed by atoms with Gasteiger partial charge in [-0.3, -0.25) is 0 Å². The van der Waals surface area contributed by atoms with Crippen LogP contribution in [0.25, 0.3) is 5.48 Å². The van der Waals surface area contributed by atoms with E-state index < -0.39 is 6.36 Å². The van der Waals surface area contributed by atoms with Crippen molar-refractivity contribution in [3.63, 3.8) is 0 Å². The van der Waals surface area contributed by atoms with Crippen molar-refractivity contribution in [1.82, 2.24) is 0 Å². The summed E-state index contributed by atoms with van der Waals surface area (Å²) >= 11 is 0. The fraction of sp³-hybridized carbons (Fsp3) is 0.250. The van der Waals surface area contributed by atoms with Gasteiger partial charge in [0, 0.05) is 0 Å². The lowest BCUT2D eigenvalue weighted by atomic mass is 10.2. The van der Waals surface area contributed by atoms with Crippen LogP contribution in [0.3, 0.4) is 0 Å². The molecule has 0 bridgehead atoms. The Morgan fingerprint density at radius 1 is 1.15 bits per heavy atom. The van der Waals surface area contributed by atoms with Crippen molar-refractivity contribution in [3.05, 3.63) is 41.4 Å². The van der Waals surface area contributed by atoms with Crippen molar-refractivity contribution < 1.29 is 18.0 Å². The summed E-state index contributed by atoms with van der Waals surface area (Å²) in [6, 6.07) is 8.55. The van der Waals surface area contributed by atoms with Crippen LogP contribution in [-0.4, -0.2) is 6.36 Å². The molecule has 1 rings (SSSR count). The molecule has 1 aromatic carbocycles. The molecule has 0 aliphatic rings. The topological polar surface area (TPSA) is 23.3 Å². The van der Waals surface area contributed by atoms with Gasteiger partial charge in [0.15, 0.2) is 0 Å². The first kappa shape index (κ1) is 10.0. The van der Waals surface area contributed by atoms with E-state index in [1.54, 1.807) is 30.3 Å². The largest absolute Gasteiger partial charge is 0.523 e. The lowest BCUT2D eigenvalue weighted by molar-refractivity contribution is -0.306. The molecule has 0 N–H and O–H groups in total. The predicted octanol–water partition coefficient (Wildman–Crippen LogP) is 3.01. The van der Waals surface area contributed by atoms with Gasteiger partial charge in [0.1, 0.15) is 0 Å². The minimum atomic E-state index is -4.69. The van der Waals surface area contributed by atoms with Crippen molar-refractivity contribution in [2.75, 3.05) is 0 Å². The van der Waals surface area contributed by atoms with Crippen molar-refractivity contribution in [1.29, 1.82) is 0 Å². The summed E-state index contributed by atoms with van der Waals surface area (Å²) < 4.78 is 34.3. The lowest BCUT2D eigenvalue weighted by Gasteiger charge is -2.21. The van der Waals surface area contributed by atoms with Gasteiger partial charge in [0.25, 0.3) is 0 Å². The molecule has 2 nitrogen and oxygen atoms in total. The molecule has 0 spiro atoms. The van der Waals surface area contributed by atoms with Gasteiger partial charge in [-0.1, -0.05) is 35.9 Å². The van der Waals surface area contributed by atoms with Gasteiger partial charge in [-0.2, -0.15) is 0 Å². The number of rotatable bonds is 3. The van der Waals surface area contributed by atoms with Crippen LogP contribution < -0.4 is 0 Å². The summed E-state index contributed by atoms with van der Waals surface area (Å²) in [5.41, 5.74) is 3.56. The smallest absolute Gasteiger partial charge is 0.505 e. The second kappa shape index (κ2) is 4.25. The second-order valence-corrected chi connectivity index (χ2v) is 2.31. The maximum absolute atomic E-state index is 11.4. The van der Waals surface area contributed by atoms with Gasteiger partial charge in [0.05, 0.1) is 0 Å². The molecular formula is C8H7F3NO-. The van der Waals surface area contributed by atoms with Crippen molar-refractivity contribution in [2.24, 2.45) is 0 Å². The molecular weight excluding hydrogens is 183 g/mol. The molecule has 0 radical (unpaired) electrons. The number of hydrogen-bond donors (Lipinski definition) is 0. The Balaban J connectivity index is 2.29. The number of alkyl halides is 3. The molecule has 13 heavy (non-hydrogen) atoms. The molecule has 0 amide bonds. The highest BCUT2D eigenvalue weighted by atomic mass is 19.4. The molecule has 0 heterocycles. The number of hydrogen-bond acceptors (Lipinski definition) is 1. The van der Waals surface area contributed by atoms with Gasteiger partial charge >= 0.3 is 6.36 Å². The van der Waals surface area contributed by atoms with Crippen LogP contribution in [0.2, 0.25) is 0 Å². The fourth-order valence-electron chi connectivity index (χ4n) is 0.763. The third kappa shape index (κ3) is 4.49. The normalized spacial score (nSPS) is 11.6. The molecule has 1 aromatic rings. The van der Waals surface area contributed by atoms with Gasteiger partial charge in [-0.05, 0) is 0 Å². The molecule has 0 aliphatic carbocycles. The van der Waals surface area contributed by atoms with E-state index in [1.165, 1.54) is 0 Å². The van der Waals surface area contributed by atoms with Gasteiger partial charge < -0.3 is 10.3 Å². The molecule has 0 atom stereocenters. The minimum absolute atomic E-state index is 0.0969.